The summed E-state index contributed by atoms with van der Waals surface area (Å²) in [6.45, 7) is 1.86. The Morgan fingerprint density at radius 2 is 1.86 bits per heavy atom. The van der Waals surface area contributed by atoms with Crippen molar-refractivity contribution >= 4 is 11.5 Å². The number of nitro groups is 1. The molecule has 0 N–H and O–H groups in total. The lowest BCUT2D eigenvalue weighted by Crippen LogP contribution is -2.23. The lowest BCUT2D eigenvalue weighted by atomic mass is 10.1. The Morgan fingerprint density at radius 3 is 2.45 bits per heavy atom. The predicted molar refractivity (Wildman–Crippen MR) is 82.1 cm³/mol. The van der Waals surface area contributed by atoms with E-state index in [1.54, 1.807) is 12.1 Å². The molecule has 114 valence electrons. The minimum atomic E-state index is -0.597. The maximum absolute atomic E-state index is 12.2. The van der Waals surface area contributed by atoms with Crippen molar-refractivity contribution in [2.75, 3.05) is 0 Å². The van der Waals surface area contributed by atoms with Crippen LogP contribution in [0.1, 0.15) is 29.3 Å². The number of aromatic nitrogens is 1. The van der Waals surface area contributed by atoms with Crippen LogP contribution in [0.3, 0.4) is 0 Å². The Labute approximate surface area is 127 Å². The van der Waals surface area contributed by atoms with Crippen LogP contribution in [0.25, 0.3) is 0 Å². The Morgan fingerprint density at radius 1 is 1.18 bits per heavy atom. The number of hydrogen-bond donors (Lipinski definition) is 0. The SMILES string of the molecule is CCCc1ccc(C(=O)Cn2cc([N+](=O)[O-])ccc2=O)cc1. The minimum absolute atomic E-state index is 0.215. The number of nitrogens with zero attached hydrogens (tertiary/aromatic N) is 2. The molecule has 0 amide bonds. The van der Waals surface area contributed by atoms with Gasteiger partial charge in [0, 0.05) is 17.7 Å². The van der Waals surface area contributed by atoms with Crippen LogP contribution in [0.2, 0.25) is 0 Å². The second-order valence-electron chi connectivity index (χ2n) is 4.98. The molecule has 0 aliphatic rings. The highest BCUT2D eigenvalue weighted by atomic mass is 16.6. The molecule has 22 heavy (non-hydrogen) atoms. The number of aryl methyl sites for hydroxylation is 1. The zero-order valence-electron chi connectivity index (χ0n) is 12.2. The van der Waals surface area contributed by atoms with E-state index in [1.165, 1.54) is 0 Å². The molecule has 0 atom stereocenters. The number of hydrogen-bond acceptors (Lipinski definition) is 4. The van der Waals surface area contributed by atoms with Gasteiger partial charge < -0.3 is 4.57 Å². The van der Waals surface area contributed by atoms with Crippen molar-refractivity contribution in [1.82, 2.24) is 4.57 Å². The molecule has 2 rings (SSSR count). The van der Waals surface area contributed by atoms with Crippen molar-refractivity contribution in [3.63, 3.8) is 0 Å². The minimum Gasteiger partial charge on any atom is -0.301 e. The Kier molecular flexibility index (Phi) is 4.83. The molecule has 0 aliphatic heterocycles. The number of benzene rings is 1. The van der Waals surface area contributed by atoms with Gasteiger partial charge in [-0.2, -0.15) is 0 Å². The van der Waals surface area contributed by atoms with Crippen LogP contribution in [0.5, 0.6) is 0 Å². The van der Waals surface area contributed by atoms with Gasteiger partial charge in [0.25, 0.3) is 11.2 Å². The molecule has 1 heterocycles. The first kappa shape index (κ1) is 15.6. The summed E-state index contributed by atoms with van der Waals surface area (Å²) in [6.07, 6.45) is 3.06. The number of carbonyl (C=O) groups is 1. The van der Waals surface area contributed by atoms with Gasteiger partial charge in [0.15, 0.2) is 5.78 Å². The van der Waals surface area contributed by atoms with Crippen LogP contribution < -0.4 is 5.56 Å². The summed E-state index contributed by atoms with van der Waals surface area (Å²) < 4.78 is 1.06. The molecule has 6 nitrogen and oxygen atoms in total. The third kappa shape index (κ3) is 3.66. The second kappa shape index (κ2) is 6.80. The molecule has 0 bridgehead atoms. The quantitative estimate of drug-likeness (QED) is 0.466. The Bertz CT molecular complexity index is 747. The van der Waals surface area contributed by atoms with Crippen LogP contribution in [0, 0.1) is 10.1 Å². The zero-order valence-corrected chi connectivity index (χ0v) is 12.2. The zero-order chi connectivity index (χ0) is 16.1. The van der Waals surface area contributed by atoms with E-state index in [0.717, 1.165) is 41.3 Å². The van der Waals surface area contributed by atoms with E-state index in [2.05, 4.69) is 6.92 Å². The molecule has 0 radical (unpaired) electrons. The van der Waals surface area contributed by atoms with Gasteiger partial charge in [-0.1, -0.05) is 37.6 Å². The largest absolute Gasteiger partial charge is 0.301 e. The number of ketones is 1. The molecule has 2 aromatic rings. The first-order valence-corrected chi connectivity index (χ1v) is 6.98. The van der Waals surface area contributed by atoms with Crippen molar-refractivity contribution in [3.8, 4) is 0 Å². The molecule has 1 aromatic heterocycles. The lowest BCUT2D eigenvalue weighted by Gasteiger charge is -2.06. The van der Waals surface area contributed by atoms with Gasteiger partial charge >= 0.3 is 0 Å². The van der Waals surface area contributed by atoms with Crippen molar-refractivity contribution in [1.29, 1.82) is 0 Å². The van der Waals surface area contributed by atoms with Crippen LogP contribution >= 0.6 is 0 Å². The van der Waals surface area contributed by atoms with E-state index in [1.807, 2.05) is 12.1 Å². The van der Waals surface area contributed by atoms with Gasteiger partial charge in [0.2, 0.25) is 0 Å². The van der Waals surface area contributed by atoms with Gasteiger partial charge in [-0.05, 0) is 12.0 Å². The fraction of sp³-hybridized carbons (Fsp3) is 0.250. The molecular formula is C16H16N2O4. The number of rotatable bonds is 6. The summed E-state index contributed by atoms with van der Waals surface area (Å²) in [6, 6.07) is 9.42. The third-order valence-corrected chi connectivity index (χ3v) is 3.31. The van der Waals surface area contributed by atoms with E-state index in [0.29, 0.717) is 5.56 Å². The molecule has 0 spiro atoms. The molecule has 0 fully saturated rings. The summed E-state index contributed by atoms with van der Waals surface area (Å²) in [7, 11) is 0. The highest BCUT2D eigenvalue weighted by molar-refractivity contribution is 5.95. The Balaban J connectivity index is 2.19. The van der Waals surface area contributed by atoms with Gasteiger partial charge in [0.05, 0.1) is 17.7 Å². The average Bonchev–Trinajstić information content (AvgIpc) is 2.50. The molecule has 0 unspecified atom stereocenters. The van der Waals surface area contributed by atoms with Crippen molar-refractivity contribution in [2.24, 2.45) is 0 Å². The van der Waals surface area contributed by atoms with Crippen LogP contribution in [-0.4, -0.2) is 15.3 Å². The van der Waals surface area contributed by atoms with Crippen molar-refractivity contribution in [2.45, 2.75) is 26.3 Å². The van der Waals surface area contributed by atoms with E-state index in [9.17, 15) is 19.7 Å². The van der Waals surface area contributed by atoms with Gasteiger partial charge in [-0.25, -0.2) is 0 Å². The first-order valence-electron chi connectivity index (χ1n) is 6.98. The van der Waals surface area contributed by atoms with Crippen molar-refractivity contribution in [3.05, 3.63) is 74.2 Å². The van der Waals surface area contributed by atoms with Crippen LogP contribution in [-0.2, 0) is 13.0 Å². The fourth-order valence-electron chi connectivity index (χ4n) is 2.14. The monoisotopic (exact) mass is 300 g/mol. The smallest absolute Gasteiger partial charge is 0.285 e. The van der Waals surface area contributed by atoms with Gasteiger partial charge in [0.1, 0.15) is 0 Å². The highest BCUT2D eigenvalue weighted by Crippen LogP contribution is 2.10. The Hall–Kier alpha value is -2.76. The molecular weight excluding hydrogens is 284 g/mol. The number of Topliss-reactive ketones (excluding diaryl/α,β-unsaturated/α-hetero) is 1. The number of pyridine rings is 1. The molecule has 0 saturated carbocycles. The van der Waals surface area contributed by atoms with Crippen LogP contribution in [0.4, 0.5) is 5.69 Å². The standard InChI is InChI=1S/C16H16N2O4/c1-2-3-12-4-6-13(7-5-12)15(19)11-17-10-14(18(21)22)8-9-16(17)20/h4-10H,2-3,11H2,1H3. The van der Waals surface area contributed by atoms with Crippen LogP contribution in [0.15, 0.2) is 47.4 Å². The third-order valence-electron chi connectivity index (χ3n) is 3.31. The van der Waals surface area contributed by atoms with E-state index in [-0.39, 0.29) is 18.0 Å². The lowest BCUT2D eigenvalue weighted by molar-refractivity contribution is -0.385. The van der Waals surface area contributed by atoms with Gasteiger partial charge in [-0.3, -0.25) is 19.7 Å². The molecule has 1 aromatic carbocycles. The van der Waals surface area contributed by atoms with Gasteiger partial charge in [-0.15, -0.1) is 0 Å². The maximum atomic E-state index is 12.2. The highest BCUT2D eigenvalue weighted by Gasteiger charge is 2.12. The second-order valence-corrected chi connectivity index (χ2v) is 4.98. The maximum Gasteiger partial charge on any atom is 0.285 e. The average molecular weight is 300 g/mol. The normalized spacial score (nSPS) is 10.4. The van der Waals surface area contributed by atoms with Crippen molar-refractivity contribution < 1.29 is 9.72 Å². The molecule has 6 heteroatoms. The van der Waals surface area contributed by atoms with E-state index in [4.69, 9.17) is 0 Å². The summed E-state index contributed by atoms with van der Waals surface area (Å²) in [4.78, 5) is 34.0. The molecule has 0 saturated heterocycles. The fourth-order valence-corrected chi connectivity index (χ4v) is 2.14. The predicted octanol–water partition coefficient (Wildman–Crippen LogP) is 2.59. The van der Waals surface area contributed by atoms with E-state index < -0.39 is 10.5 Å². The molecule has 0 aliphatic carbocycles. The summed E-state index contributed by atoms with van der Waals surface area (Å²) in [5.74, 6) is -0.259. The summed E-state index contributed by atoms with van der Waals surface area (Å²) in [5, 5.41) is 10.7. The first-order chi connectivity index (χ1) is 10.5. The number of carbonyl (C=O) groups excluding carboxylic acids is 1. The topological polar surface area (TPSA) is 82.2 Å². The summed E-state index contributed by atoms with van der Waals surface area (Å²) in [5.41, 5.74) is 0.970. The summed E-state index contributed by atoms with van der Waals surface area (Å²) >= 11 is 0. The van der Waals surface area contributed by atoms with E-state index >= 15 is 0 Å².